The molecule has 1 aliphatic heterocycles. The second-order valence-corrected chi connectivity index (χ2v) is 5.80. The molecular formula is C16H19F3N2O5. The van der Waals surface area contributed by atoms with Gasteiger partial charge in [0.2, 0.25) is 0 Å². The first kappa shape index (κ1) is 19.8. The van der Waals surface area contributed by atoms with Crippen LogP contribution in [0.1, 0.15) is 0 Å². The van der Waals surface area contributed by atoms with Crippen LogP contribution < -0.4 is 10.1 Å². The molecule has 1 aromatic carbocycles. The van der Waals surface area contributed by atoms with Crippen molar-refractivity contribution in [2.45, 2.75) is 6.18 Å². The lowest BCUT2D eigenvalue weighted by atomic mass is 9.96. The van der Waals surface area contributed by atoms with Crippen LogP contribution in [-0.4, -0.2) is 61.6 Å². The van der Waals surface area contributed by atoms with Gasteiger partial charge in [0.15, 0.2) is 0 Å². The molecule has 0 aliphatic carbocycles. The summed E-state index contributed by atoms with van der Waals surface area (Å²) in [7, 11) is 1.52. The van der Waals surface area contributed by atoms with Crippen molar-refractivity contribution in [1.82, 2.24) is 4.90 Å². The highest BCUT2D eigenvalue weighted by Gasteiger charge is 2.53. The minimum atomic E-state index is -4.69. The Balaban J connectivity index is 2.01. The van der Waals surface area contributed by atoms with Crippen LogP contribution in [0.4, 0.5) is 23.7 Å². The number of likely N-dealkylation sites (tertiary alicyclic amines) is 1. The zero-order valence-electron chi connectivity index (χ0n) is 14.0. The maximum atomic E-state index is 13.0. The second kappa shape index (κ2) is 8.26. The number of benzene rings is 1. The Morgan fingerprint density at radius 2 is 2.04 bits per heavy atom. The fourth-order valence-electron chi connectivity index (χ4n) is 2.66. The third-order valence-electron chi connectivity index (χ3n) is 3.99. The number of nitrogens with one attached hydrogen (secondary N) is 1. The molecule has 2 amide bonds. The Bertz CT molecular complexity index is 653. The molecule has 0 bridgehead atoms. The van der Waals surface area contributed by atoms with Crippen LogP contribution in [-0.2, 0) is 9.53 Å². The molecule has 0 aromatic heterocycles. The molecule has 0 saturated carbocycles. The van der Waals surface area contributed by atoms with E-state index in [1.807, 2.05) is 0 Å². The highest BCUT2D eigenvalue weighted by molar-refractivity contribution is 5.90. The van der Waals surface area contributed by atoms with Gasteiger partial charge < -0.3 is 24.8 Å². The number of hydrogen-bond donors (Lipinski definition) is 2. The molecule has 0 spiro atoms. The number of hydrogen-bond acceptors (Lipinski definition) is 4. The topological polar surface area (TPSA) is 88.1 Å². The number of carboxylic acid groups (broad SMARTS) is 1. The van der Waals surface area contributed by atoms with E-state index < -0.39 is 43.1 Å². The third-order valence-corrected chi connectivity index (χ3v) is 3.99. The van der Waals surface area contributed by atoms with E-state index in [-0.39, 0.29) is 0 Å². The van der Waals surface area contributed by atoms with Gasteiger partial charge >= 0.3 is 18.2 Å². The second-order valence-electron chi connectivity index (χ2n) is 5.80. The maximum absolute atomic E-state index is 13.0. The van der Waals surface area contributed by atoms with Gasteiger partial charge in [0.25, 0.3) is 0 Å². The van der Waals surface area contributed by atoms with Crippen LogP contribution in [0.5, 0.6) is 5.75 Å². The summed E-state index contributed by atoms with van der Waals surface area (Å²) in [6.07, 6.45) is -4.69. The van der Waals surface area contributed by atoms with E-state index in [1.165, 1.54) is 13.2 Å². The molecule has 2 N–H and O–H groups in total. The summed E-state index contributed by atoms with van der Waals surface area (Å²) in [5, 5.41) is 11.5. The Labute approximate surface area is 147 Å². The molecule has 1 aromatic rings. The molecule has 2 rings (SSSR count). The van der Waals surface area contributed by atoms with E-state index >= 15 is 0 Å². The molecule has 1 heterocycles. The van der Waals surface area contributed by atoms with Crippen molar-refractivity contribution in [2.75, 3.05) is 38.7 Å². The first-order valence-corrected chi connectivity index (χ1v) is 7.79. The van der Waals surface area contributed by atoms with Crippen LogP contribution in [0.25, 0.3) is 0 Å². The highest BCUT2D eigenvalue weighted by Crippen LogP contribution is 2.37. The van der Waals surface area contributed by atoms with E-state index in [0.717, 1.165) is 4.90 Å². The van der Waals surface area contributed by atoms with Crippen LogP contribution in [0, 0.1) is 11.8 Å². The number of alkyl halides is 3. The monoisotopic (exact) mass is 376 g/mol. The molecule has 10 heteroatoms. The van der Waals surface area contributed by atoms with Crippen LogP contribution in [0.2, 0.25) is 0 Å². The molecule has 1 saturated heterocycles. The first-order chi connectivity index (χ1) is 12.2. The predicted octanol–water partition coefficient (Wildman–Crippen LogP) is 2.44. The van der Waals surface area contributed by atoms with Gasteiger partial charge in [-0.25, -0.2) is 4.79 Å². The fourth-order valence-corrected chi connectivity index (χ4v) is 2.66. The van der Waals surface area contributed by atoms with Crippen LogP contribution >= 0.6 is 0 Å². The average molecular weight is 376 g/mol. The van der Waals surface area contributed by atoms with Crippen molar-refractivity contribution in [3.8, 4) is 5.75 Å². The van der Waals surface area contributed by atoms with E-state index in [2.05, 4.69) is 5.32 Å². The van der Waals surface area contributed by atoms with Crippen molar-refractivity contribution in [3.05, 3.63) is 24.3 Å². The zero-order chi connectivity index (χ0) is 19.3. The van der Waals surface area contributed by atoms with Crippen molar-refractivity contribution in [1.29, 1.82) is 0 Å². The standard InChI is InChI=1S/C16H19F3N2O5/c1-25-5-6-26-11-4-2-3-10(7-11)20-15(24)21-8-12(14(22)23)13(9-21)16(17,18)19/h2-4,7,12-13H,5-6,8-9H2,1H3,(H,20,24)(H,22,23)/t12-,13-/m1/s1. The Morgan fingerprint density at radius 1 is 1.31 bits per heavy atom. The van der Waals surface area contributed by atoms with E-state index in [1.54, 1.807) is 18.2 Å². The Hall–Kier alpha value is -2.49. The number of carbonyl (C=O) groups excluding carboxylic acids is 1. The van der Waals surface area contributed by atoms with Crippen LogP contribution in [0.3, 0.4) is 0 Å². The van der Waals surface area contributed by atoms with E-state index in [4.69, 9.17) is 14.6 Å². The molecule has 26 heavy (non-hydrogen) atoms. The molecule has 0 unspecified atom stereocenters. The number of aliphatic carboxylic acids is 1. The minimum Gasteiger partial charge on any atom is -0.491 e. The summed E-state index contributed by atoms with van der Waals surface area (Å²) in [6, 6.07) is 5.53. The Kier molecular flexibility index (Phi) is 6.30. The van der Waals surface area contributed by atoms with Gasteiger partial charge in [-0.1, -0.05) is 6.07 Å². The lowest BCUT2D eigenvalue weighted by Gasteiger charge is -2.19. The van der Waals surface area contributed by atoms with Gasteiger partial charge in [-0.3, -0.25) is 4.79 Å². The first-order valence-electron chi connectivity index (χ1n) is 7.79. The molecule has 1 fully saturated rings. The van der Waals surface area contributed by atoms with Gasteiger partial charge in [-0.15, -0.1) is 0 Å². The molecular weight excluding hydrogens is 357 g/mol. The van der Waals surface area contributed by atoms with Crippen molar-refractivity contribution in [3.63, 3.8) is 0 Å². The quantitative estimate of drug-likeness (QED) is 0.745. The Morgan fingerprint density at radius 3 is 2.62 bits per heavy atom. The average Bonchev–Trinajstić information content (AvgIpc) is 3.01. The van der Waals surface area contributed by atoms with Crippen molar-refractivity contribution >= 4 is 17.7 Å². The number of anilines is 1. The minimum absolute atomic E-state index is 0.299. The molecule has 144 valence electrons. The van der Waals surface area contributed by atoms with Gasteiger partial charge in [-0.05, 0) is 12.1 Å². The number of ether oxygens (including phenoxy) is 2. The molecule has 2 atom stereocenters. The predicted molar refractivity (Wildman–Crippen MR) is 85.1 cm³/mol. The van der Waals surface area contributed by atoms with Gasteiger partial charge in [-0.2, -0.15) is 13.2 Å². The highest BCUT2D eigenvalue weighted by atomic mass is 19.4. The number of methoxy groups -OCH3 is 1. The van der Waals surface area contributed by atoms with Gasteiger partial charge in [0.05, 0.1) is 18.4 Å². The summed E-state index contributed by atoms with van der Waals surface area (Å²) < 4.78 is 49.2. The molecule has 0 radical (unpaired) electrons. The number of carbonyl (C=O) groups is 2. The number of halogens is 3. The lowest BCUT2D eigenvalue weighted by Crippen LogP contribution is -2.35. The number of nitrogens with zero attached hydrogens (tertiary/aromatic N) is 1. The summed E-state index contributed by atoms with van der Waals surface area (Å²) >= 11 is 0. The fraction of sp³-hybridized carbons (Fsp3) is 0.500. The summed E-state index contributed by atoms with van der Waals surface area (Å²) in [5.41, 5.74) is 0.326. The summed E-state index contributed by atoms with van der Waals surface area (Å²) in [6.45, 7) is -0.529. The third kappa shape index (κ3) is 5.01. The maximum Gasteiger partial charge on any atom is 0.394 e. The van der Waals surface area contributed by atoms with E-state index in [9.17, 15) is 22.8 Å². The van der Waals surface area contributed by atoms with Gasteiger partial charge in [0.1, 0.15) is 12.4 Å². The van der Waals surface area contributed by atoms with Crippen molar-refractivity contribution in [2.24, 2.45) is 11.8 Å². The number of carboxylic acids is 1. The van der Waals surface area contributed by atoms with Crippen molar-refractivity contribution < 1.29 is 37.3 Å². The number of amides is 2. The number of urea groups is 1. The number of rotatable bonds is 6. The summed E-state index contributed by atoms with van der Waals surface area (Å²) in [4.78, 5) is 24.1. The SMILES string of the molecule is COCCOc1cccc(NC(=O)N2C[C@@H](C(F)(F)F)[C@H](C(=O)O)C2)c1. The zero-order valence-corrected chi connectivity index (χ0v) is 14.0. The summed E-state index contributed by atoms with van der Waals surface area (Å²) in [5.74, 6) is -4.88. The largest absolute Gasteiger partial charge is 0.491 e. The normalized spacial score (nSPS) is 20.1. The van der Waals surface area contributed by atoms with E-state index in [0.29, 0.717) is 24.7 Å². The lowest BCUT2D eigenvalue weighted by molar-refractivity contribution is -0.187. The molecule has 1 aliphatic rings. The molecule has 7 nitrogen and oxygen atoms in total. The smallest absolute Gasteiger partial charge is 0.394 e. The van der Waals surface area contributed by atoms with Crippen LogP contribution in [0.15, 0.2) is 24.3 Å². The van der Waals surface area contributed by atoms with Gasteiger partial charge in [0, 0.05) is 32.0 Å².